The quantitative estimate of drug-likeness (QED) is 0.0435. The second kappa shape index (κ2) is 10.2. The molecule has 0 saturated carbocycles. The molecule has 2 heterocycles. The number of H-pyrrole nitrogens is 1. The average Bonchev–Trinajstić information content (AvgIpc) is 3.55. The van der Waals surface area contributed by atoms with Gasteiger partial charge < -0.3 is 50.9 Å². The predicted molar refractivity (Wildman–Crippen MR) is 142 cm³/mol. The fourth-order valence-corrected chi connectivity index (χ4v) is 6.24. The molecule has 1 unspecified atom stereocenters. The first-order valence-corrected chi connectivity index (χ1v) is 13.6. The van der Waals surface area contributed by atoms with Crippen LogP contribution in [0.5, 0.6) is 28.9 Å². The van der Waals surface area contributed by atoms with E-state index in [-0.39, 0.29) is 10.7 Å². The molecule has 42 heavy (non-hydrogen) atoms. The maximum atomic E-state index is 13.1. The standard InChI is InChI=1S/C25H20N2O13S2/c1-10(28)12-5-2-11(3-6-12)4-7-13-8-9-14(41-13)42(39,40)27-24(36,23(34)35)25(37,38)16-15-17(26-22(16)33)19(30)21(32)20(31)18(15)29/h2-3,5-6,8-9,26-27,29-33,36-38H,1H3,(H,34,35). The van der Waals surface area contributed by atoms with Gasteiger partial charge in [-0.25, -0.2) is 13.2 Å². The lowest BCUT2D eigenvalue weighted by atomic mass is 9.93. The van der Waals surface area contributed by atoms with E-state index in [4.69, 9.17) is 0 Å². The number of carbonyl (C=O) groups is 2. The van der Waals surface area contributed by atoms with E-state index in [9.17, 15) is 64.0 Å². The lowest BCUT2D eigenvalue weighted by Gasteiger charge is -2.35. The van der Waals surface area contributed by atoms with Gasteiger partial charge in [0.15, 0.2) is 23.2 Å². The Bertz CT molecular complexity index is 1930. The Morgan fingerprint density at radius 3 is 2.05 bits per heavy atom. The summed E-state index contributed by atoms with van der Waals surface area (Å²) >= 11 is 0.506. The lowest BCUT2D eigenvalue weighted by molar-refractivity contribution is -0.285. The van der Waals surface area contributed by atoms with E-state index >= 15 is 0 Å². The van der Waals surface area contributed by atoms with Gasteiger partial charge in [0.05, 0.1) is 21.3 Å². The van der Waals surface area contributed by atoms with Crippen molar-refractivity contribution >= 4 is 44.0 Å². The number of phenolic OH excluding ortho intramolecular Hbond substituents is 4. The highest BCUT2D eigenvalue weighted by atomic mass is 32.2. The summed E-state index contributed by atoms with van der Waals surface area (Å²) in [6, 6.07) is 8.42. The van der Waals surface area contributed by atoms with Gasteiger partial charge in [0, 0.05) is 11.1 Å². The lowest BCUT2D eigenvalue weighted by Crippen LogP contribution is -2.67. The highest BCUT2D eigenvalue weighted by molar-refractivity contribution is 7.91. The van der Waals surface area contributed by atoms with Crippen LogP contribution >= 0.6 is 11.3 Å². The highest BCUT2D eigenvalue weighted by Gasteiger charge is 2.61. The molecular weight excluding hydrogens is 600 g/mol. The number of carbonyl (C=O) groups excluding carboxylic acids is 1. The van der Waals surface area contributed by atoms with E-state index in [1.54, 1.807) is 24.3 Å². The molecule has 0 aliphatic heterocycles. The van der Waals surface area contributed by atoms with Gasteiger partial charge in [0.2, 0.25) is 11.5 Å². The monoisotopic (exact) mass is 620 g/mol. The van der Waals surface area contributed by atoms with Gasteiger partial charge in [-0.1, -0.05) is 24.0 Å². The van der Waals surface area contributed by atoms with E-state index in [1.165, 1.54) is 17.7 Å². The minimum Gasteiger partial charge on any atom is -0.504 e. The summed E-state index contributed by atoms with van der Waals surface area (Å²) in [6.45, 7) is 1.39. The number of phenols is 4. The molecule has 11 N–H and O–H groups in total. The predicted octanol–water partition coefficient (Wildman–Crippen LogP) is 0.249. The summed E-state index contributed by atoms with van der Waals surface area (Å²) in [5.74, 6) is -8.46. The molecule has 0 aliphatic rings. The highest BCUT2D eigenvalue weighted by Crippen LogP contribution is 2.53. The third kappa shape index (κ3) is 4.83. The number of sulfonamides is 1. The van der Waals surface area contributed by atoms with E-state index < -0.39 is 77.1 Å². The van der Waals surface area contributed by atoms with Crippen LogP contribution in [0, 0.1) is 11.8 Å². The number of benzene rings is 2. The number of ketones is 1. The van der Waals surface area contributed by atoms with Crippen molar-refractivity contribution in [3.63, 3.8) is 0 Å². The summed E-state index contributed by atoms with van der Waals surface area (Å²) in [5, 5.41) is 91.3. The van der Waals surface area contributed by atoms with Crippen molar-refractivity contribution in [2.75, 3.05) is 0 Å². The number of aliphatic hydroxyl groups is 3. The molecule has 0 radical (unpaired) electrons. The Balaban J connectivity index is 1.73. The van der Waals surface area contributed by atoms with Gasteiger partial charge in [-0.3, -0.25) is 4.79 Å². The Kier molecular flexibility index (Phi) is 7.33. The minimum atomic E-state index is -5.09. The first kappa shape index (κ1) is 30.1. The average molecular weight is 621 g/mol. The van der Waals surface area contributed by atoms with Crippen LogP contribution in [0.4, 0.5) is 0 Å². The van der Waals surface area contributed by atoms with E-state index in [0.29, 0.717) is 22.5 Å². The molecule has 0 spiro atoms. The zero-order valence-electron chi connectivity index (χ0n) is 20.9. The van der Waals surface area contributed by atoms with Gasteiger partial charge >= 0.3 is 5.97 Å². The number of Topliss-reactive ketones (excluding diaryl/α,β-unsaturated/α-hetero) is 1. The van der Waals surface area contributed by atoms with Crippen molar-refractivity contribution in [1.29, 1.82) is 0 Å². The maximum absolute atomic E-state index is 13.1. The van der Waals surface area contributed by atoms with Crippen molar-refractivity contribution < 1.29 is 64.0 Å². The van der Waals surface area contributed by atoms with Crippen molar-refractivity contribution in [2.24, 2.45) is 0 Å². The van der Waals surface area contributed by atoms with Crippen LogP contribution in [0.2, 0.25) is 0 Å². The van der Waals surface area contributed by atoms with Gasteiger partial charge in [0.25, 0.3) is 21.5 Å². The molecule has 4 aromatic rings. The van der Waals surface area contributed by atoms with Crippen LogP contribution in [0.3, 0.4) is 0 Å². The van der Waals surface area contributed by atoms with Crippen LogP contribution in [0.1, 0.15) is 33.3 Å². The van der Waals surface area contributed by atoms with Crippen molar-refractivity contribution in [2.45, 2.75) is 22.6 Å². The van der Waals surface area contributed by atoms with Crippen molar-refractivity contribution in [3.05, 3.63) is 58.0 Å². The van der Waals surface area contributed by atoms with Gasteiger partial charge in [-0.2, -0.15) is 4.72 Å². The van der Waals surface area contributed by atoms with Crippen LogP contribution in [-0.2, 0) is 20.6 Å². The Morgan fingerprint density at radius 1 is 0.881 bits per heavy atom. The number of aromatic hydroxyl groups is 5. The number of rotatable bonds is 7. The molecule has 220 valence electrons. The summed E-state index contributed by atoms with van der Waals surface area (Å²) in [4.78, 5) is 25.5. The molecule has 0 aliphatic carbocycles. The molecule has 2 aromatic heterocycles. The summed E-state index contributed by atoms with van der Waals surface area (Å²) < 4.78 is 26.7. The smallest absolute Gasteiger partial charge is 0.358 e. The Morgan fingerprint density at radius 2 is 1.48 bits per heavy atom. The first-order valence-electron chi connectivity index (χ1n) is 11.3. The topological polar surface area (TPSA) is 278 Å². The third-order valence-corrected chi connectivity index (χ3v) is 8.97. The van der Waals surface area contributed by atoms with Crippen LogP contribution in [0.25, 0.3) is 10.9 Å². The Hall–Kier alpha value is -4.83. The van der Waals surface area contributed by atoms with Crippen LogP contribution in [0.15, 0.2) is 40.6 Å². The van der Waals surface area contributed by atoms with Gasteiger partial charge in [-0.15, -0.1) is 11.3 Å². The summed E-state index contributed by atoms with van der Waals surface area (Å²) in [5.41, 5.74) is -5.71. The summed E-state index contributed by atoms with van der Waals surface area (Å²) in [6.07, 6.45) is 0. The van der Waals surface area contributed by atoms with Crippen LogP contribution in [-0.4, -0.2) is 76.8 Å². The molecule has 0 saturated heterocycles. The molecule has 1 atom stereocenters. The molecule has 17 heteroatoms. The molecule has 15 nitrogen and oxygen atoms in total. The number of nitrogens with one attached hydrogen (secondary N) is 2. The SMILES string of the molecule is CC(=O)c1ccc(C#Cc2ccc(S(=O)(=O)NC(O)(C(=O)O)C(O)(O)c3c(O)[nH]c4c(O)c(O)c(O)c(O)c34)s2)cc1. The zero-order valence-corrected chi connectivity index (χ0v) is 22.6. The van der Waals surface area contributed by atoms with Crippen LogP contribution < -0.4 is 4.72 Å². The van der Waals surface area contributed by atoms with Gasteiger partial charge in [-0.05, 0) is 31.2 Å². The number of carboxylic acids is 1. The molecule has 0 amide bonds. The molecule has 2 aromatic carbocycles. The maximum Gasteiger partial charge on any atom is 0.358 e. The zero-order chi connectivity index (χ0) is 31.4. The number of aromatic amines is 1. The number of aliphatic carboxylic acids is 1. The molecule has 0 bridgehead atoms. The molecule has 4 rings (SSSR count). The van der Waals surface area contributed by atoms with Crippen molar-refractivity contribution in [1.82, 2.24) is 9.71 Å². The largest absolute Gasteiger partial charge is 0.504 e. The number of hydrogen-bond donors (Lipinski definition) is 11. The fraction of sp³-hybridized carbons (Fsp3) is 0.120. The second-order valence-corrected chi connectivity index (χ2v) is 11.8. The first-order chi connectivity index (χ1) is 19.4. The van der Waals surface area contributed by atoms with E-state index in [2.05, 4.69) is 11.8 Å². The number of thiophene rings is 1. The Labute approximate surface area is 238 Å². The summed E-state index contributed by atoms with van der Waals surface area (Å²) in [7, 11) is -5.09. The normalized spacial score (nSPS) is 13.3. The number of fused-ring (bicyclic) bond motifs is 1. The van der Waals surface area contributed by atoms with E-state index in [1.807, 2.05) is 4.98 Å². The molecule has 0 fully saturated rings. The minimum absolute atomic E-state index is 0.147. The number of carboxylic acid groups (broad SMARTS) is 1. The fourth-order valence-electron chi connectivity index (χ4n) is 3.85. The van der Waals surface area contributed by atoms with Gasteiger partial charge in [0.1, 0.15) is 4.21 Å². The molecular formula is C25H20N2O13S2. The van der Waals surface area contributed by atoms with Crippen molar-refractivity contribution in [3.8, 4) is 40.7 Å². The number of aromatic nitrogens is 1. The van der Waals surface area contributed by atoms with E-state index in [0.717, 1.165) is 6.07 Å². The number of hydrogen-bond acceptors (Lipinski definition) is 13. The second-order valence-electron chi connectivity index (χ2n) is 8.79. The third-order valence-electron chi connectivity index (χ3n) is 6.04.